The third-order valence-electron chi connectivity index (χ3n) is 4.16. The van der Waals surface area contributed by atoms with Crippen LogP contribution in [0.4, 0.5) is 4.79 Å². The molecule has 1 aliphatic rings. The summed E-state index contributed by atoms with van der Waals surface area (Å²) < 4.78 is 16.6. The summed E-state index contributed by atoms with van der Waals surface area (Å²) in [6.07, 6.45) is 2.34. The van der Waals surface area contributed by atoms with Crippen molar-refractivity contribution in [3.05, 3.63) is 27.1 Å². The molecule has 0 aliphatic carbocycles. The average molecular weight is 486 g/mol. The van der Waals surface area contributed by atoms with Gasteiger partial charge in [-0.05, 0) is 62.7 Å². The zero-order valence-electron chi connectivity index (χ0n) is 16.8. The molecule has 7 nitrogen and oxygen atoms in total. The second-order valence-electron chi connectivity index (χ2n) is 6.16. The number of carbonyl (C=O) groups is 3. The molecular weight excluding hydrogens is 462 g/mol. The highest BCUT2D eigenvalue weighted by atomic mass is 79.9. The van der Waals surface area contributed by atoms with Gasteiger partial charge in [-0.1, -0.05) is 22.9 Å². The SMILES string of the molecule is CCOC(=O)COc1cc(Br)c(/C=C2/SC(=O)N([C@H](C)CC)C2=O)cc1OCC. The first-order valence-electron chi connectivity index (χ1n) is 9.34. The van der Waals surface area contributed by atoms with E-state index in [0.29, 0.717) is 39.5 Å². The van der Waals surface area contributed by atoms with Crippen LogP contribution in [0.3, 0.4) is 0 Å². The Hall–Kier alpha value is -2.00. The number of benzene rings is 1. The molecule has 2 rings (SSSR count). The van der Waals surface area contributed by atoms with Gasteiger partial charge in [-0.3, -0.25) is 14.5 Å². The number of carbonyl (C=O) groups excluding carboxylic acids is 3. The van der Waals surface area contributed by atoms with Crippen LogP contribution in [-0.4, -0.2) is 47.9 Å². The Kier molecular flexibility index (Phi) is 8.58. The fourth-order valence-corrected chi connectivity index (χ4v) is 3.92. The highest BCUT2D eigenvalue weighted by Crippen LogP contribution is 2.38. The molecule has 0 bridgehead atoms. The molecule has 9 heteroatoms. The number of thioether (sulfide) groups is 1. The third kappa shape index (κ3) is 5.76. The maximum Gasteiger partial charge on any atom is 0.344 e. The molecule has 1 saturated heterocycles. The largest absolute Gasteiger partial charge is 0.490 e. The molecule has 1 aromatic carbocycles. The highest BCUT2D eigenvalue weighted by molar-refractivity contribution is 9.10. The summed E-state index contributed by atoms with van der Waals surface area (Å²) in [6, 6.07) is 3.20. The van der Waals surface area contributed by atoms with Crippen LogP contribution in [-0.2, 0) is 14.3 Å². The smallest absolute Gasteiger partial charge is 0.344 e. The normalized spacial score (nSPS) is 16.3. The lowest BCUT2D eigenvalue weighted by molar-refractivity contribution is -0.145. The van der Waals surface area contributed by atoms with Gasteiger partial charge < -0.3 is 14.2 Å². The van der Waals surface area contributed by atoms with Crippen molar-refractivity contribution < 1.29 is 28.6 Å². The number of nitrogens with zero attached hydrogens (tertiary/aromatic N) is 1. The molecule has 2 amide bonds. The first kappa shape index (κ1) is 23.3. The van der Waals surface area contributed by atoms with Gasteiger partial charge in [0.05, 0.1) is 18.1 Å². The van der Waals surface area contributed by atoms with E-state index in [9.17, 15) is 14.4 Å². The summed E-state index contributed by atoms with van der Waals surface area (Å²) in [7, 11) is 0. The molecule has 1 atom stereocenters. The maximum absolute atomic E-state index is 12.6. The molecule has 1 fully saturated rings. The second-order valence-corrected chi connectivity index (χ2v) is 8.00. The van der Waals surface area contributed by atoms with Crippen molar-refractivity contribution in [1.82, 2.24) is 4.90 Å². The van der Waals surface area contributed by atoms with Crippen LogP contribution < -0.4 is 9.47 Å². The van der Waals surface area contributed by atoms with E-state index in [1.165, 1.54) is 4.90 Å². The maximum atomic E-state index is 12.6. The zero-order valence-corrected chi connectivity index (χ0v) is 19.2. The standard InChI is InChI=1S/C20H24BrNO6S/c1-5-12(4)22-19(24)17(29-20(22)25)9-13-8-15(26-6-2)16(10-14(13)21)28-11-18(23)27-7-3/h8-10,12H,5-7,11H2,1-4H3/b17-9+/t12-/m1/s1. The fourth-order valence-electron chi connectivity index (χ4n) is 2.57. The first-order valence-corrected chi connectivity index (χ1v) is 10.9. The summed E-state index contributed by atoms with van der Waals surface area (Å²) in [6.45, 7) is 7.74. The van der Waals surface area contributed by atoms with E-state index < -0.39 is 5.97 Å². The number of hydrogen-bond acceptors (Lipinski definition) is 7. The minimum atomic E-state index is -0.478. The summed E-state index contributed by atoms with van der Waals surface area (Å²) in [4.78, 5) is 38.1. The van der Waals surface area contributed by atoms with Crippen LogP contribution in [0, 0.1) is 0 Å². The lowest BCUT2D eigenvalue weighted by Crippen LogP contribution is -2.36. The molecule has 158 valence electrons. The number of amides is 2. The van der Waals surface area contributed by atoms with Gasteiger partial charge in [0.1, 0.15) is 0 Å². The number of ether oxygens (including phenoxy) is 3. The summed E-state index contributed by atoms with van der Waals surface area (Å²) in [5.41, 5.74) is 0.659. The number of imide groups is 1. The quantitative estimate of drug-likeness (QED) is 0.372. The Morgan fingerprint density at radius 2 is 1.86 bits per heavy atom. The molecule has 0 radical (unpaired) electrons. The van der Waals surface area contributed by atoms with Crippen molar-refractivity contribution in [2.45, 2.75) is 40.2 Å². The fraction of sp³-hybridized carbons (Fsp3) is 0.450. The Balaban J connectivity index is 2.31. The summed E-state index contributed by atoms with van der Waals surface area (Å²) in [5.74, 6) is 0.0137. The van der Waals surface area contributed by atoms with Gasteiger partial charge in [-0.25, -0.2) is 4.79 Å². The van der Waals surface area contributed by atoms with E-state index in [1.807, 2.05) is 20.8 Å². The second kappa shape index (κ2) is 10.7. The Morgan fingerprint density at radius 1 is 1.17 bits per heavy atom. The first-order chi connectivity index (χ1) is 13.8. The van der Waals surface area contributed by atoms with Gasteiger partial charge in [0.25, 0.3) is 11.1 Å². The molecule has 0 aromatic heterocycles. The molecule has 1 aromatic rings. The minimum absolute atomic E-state index is 0.158. The van der Waals surface area contributed by atoms with Crippen molar-refractivity contribution in [2.24, 2.45) is 0 Å². The summed E-state index contributed by atoms with van der Waals surface area (Å²) in [5, 5.41) is -0.272. The zero-order chi connectivity index (χ0) is 21.6. The van der Waals surface area contributed by atoms with Gasteiger partial charge in [0.15, 0.2) is 18.1 Å². The van der Waals surface area contributed by atoms with Crippen molar-refractivity contribution >= 4 is 50.9 Å². The monoisotopic (exact) mass is 485 g/mol. The third-order valence-corrected chi connectivity index (χ3v) is 5.73. The van der Waals surface area contributed by atoms with Gasteiger partial charge >= 0.3 is 5.97 Å². The summed E-state index contributed by atoms with van der Waals surface area (Å²) >= 11 is 4.37. The molecule has 1 aliphatic heterocycles. The van der Waals surface area contributed by atoms with Crippen molar-refractivity contribution in [2.75, 3.05) is 19.8 Å². The molecular formula is C20H24BrNO6S. The number of halogens is 1. The number of rotatable bonds is 9. The molecule has 29 heavy (non-hydrogen) atoms. The Bertz CT molecular complexity index is 825. The topological polar surface area (TPSA) is 82.1 Å². The minimum Gasteiger partial charge on any atom is -0.490 e. The van der Waals surface area contributed by atoms with E-state index >= 15 is 0 Å². The number of esters is 1. The lowest BCUT2D eigenvalue weighted by atomic mass is 10.1. The van der Waals surface area contributed by atoms with Crippen LogP contribution in [0.25, 0.3) is 6.08 Å². The van der Waals surface area contributed by atoms with Crippen LogP contribution in [0.15, 0.2) is 21.5 Å². The van der Waals surface area contributed by atoms with Gasteiger partial charge in [0.2, 0.25) is 0 Å². The Labute approximate surface area is 182 Å². The van der Waals surface area contributed by atoms with E-state index in [1.54, 1.807) is 25.1 Å². The van der Waals surface area contributed by atoms with Crippen LogP contribution in [0.1, 0.15) is 39.7 Å². The molecule has 0 N–H and O–H groups in total. The average Bonchev–Trinajstić information content (AvgIpc) is 2.96. The number of hydrogen-bond donors (Lipinski definition) is 0. The predicted molar refractivity (Wildman–Crippen MR) is 115 cm³/mol. The van der Waals surface area contributed by atoms with Crippen LogP contribution in [0.5, 0.6) is 11.5 Å². The molecule has 1 heterocycles. The predicted octanol–water partition coefficient (Wildman–Crippen LogP) is 4.62. The Morgan fingerprint density at radius 3 is 2.48 bits per heavy atom. The lowest BCUT2D eigenvalue weighted by Gasteiger charge is -2.19. The van der Waals surface area contributed by atoms with E-state index in [4.69, 9.17) is 14.2 Å². The van der Waals surface area contributed by atoms with Gasteiger partial charge in [-0.2, -0.15) is 0 Å². The van der Waals surface area contributed by atoms with Crippen LogP contribution in [0.2, 0.25) is 0 Å². The van der Waals surface area contributed by atoms with Crippen molar-refractivity contribution in [3.8, 4) is 11.5 Å². The van der Waals surface area contributed by atoms with Crippen molar-refractivity contribution in [3.63, 3.8) is 0 Å². The van der Waals surface area contributed by atoms with Gasteiger partial charge in [-0.15, -0.1) is 0 Å². The van der Waals surface area contributed by atoms with Crippen molar-refractivity contribution in [1.29, 1.82) is 0 Å². The molecule has 0 unspecified atom stereocenters. The molecule has 0 saturated carbocycles. The van der Waals surface area contributed by atoms with E-state index in [2.05, 4.69) is 15.9 Å². The van der Waals surface area contributed by atoms with Gasteiger partial charge in [0, 0.05) is 10.5 Å². The molecule has 0 spiro atoms. The van der Waals surface area contributed by atoms with Crippen LogP contribution >= 0.6 is 27.7 Å². The van der Waals surface area contributed by atoms with E-state index in [-0.39, 0.29) is 30.4 Å². The van der Waals surface area contributed by atoms with E-state index in [0.717, 1.165) is 11.8 Å². The highest BCUT2D eigenvalue weighted by Gasteiger charge is 2.37.